The fourth-order valence-corrected chi connectivity index (χ4v) is 2.84. The summed E-state index contributed by atoms with van der Waals surface area (Å²) < 4.78 is 6.21. The van der Waals surface area contributed by atoms with E-state index >= 15 is 0 Å². The van der Waals surface area contributed by atoms with Crippen LogP contribution in [0.4, 0.5) is 0 Å². The second-order valence-electron chi connectivity index (χ2n) is 5.27. The van der Waals surface area contributed by atoms with Crippen LogP contribution >= 0.6 is 11.6 Å². The molecule has 0 spiro atoms. The van der Waals surface area contributed by atoms with Gasteiger partial charge in [-0.25, -0.2) is 4.98 Å². The lowest BCUT2D eigenvalue weighted by molar-refractivity contribution is -0.284. The van der Waals surface area contributed by atoms with Crippen molar-refractivity contribution >= 4 is 33.5 Å². The second kappa shape index (κ2) is 5.28. The summed E-state index contributed by atoms with van der Waals surface area (Å²) in [5, 5.41) is 13.6. The highest BCUT2D eigenvalue weighted by Crippen LogP contribution is 2.27. The van der Waals surface area contributed by atoms with Crippen LogP contribution in [0.3, 0.4) is 0 Å². The number of nitrogens with zero attached hydrogens (tertiary/aromatic N) is 2. The predicted octanol–water partition coefficient (Wildman–Crippen LogP) is 2.60. The number of fused-ring (bicyclic) bond motifs is 3. The SMILES string of the molecule is COc1ccc2[nH]c3c(=O)n(-c4ccc(Cl)cc4)c([O-])nc3c2c1. The molecule has 2 aromatic carbocycles. The standard InChI is InChI=1S/C17H12ClN3O3/c1-24-11-6-7-13-12(8-11)14-15(19-13)16(22)21(17(23)20-14)10-4-2-9(18)3-5-10/h2-8,19H,1H3,(H,20,23)/p-1. The largest absolute Gasteiger partial charge is 0.845 e. The van der Waals surface area contributed by atoms with Crippen LogP contribution in [0.5, 0.6) is 11.8 Å². The summed E-state index contributed by atoms with van der Waals surface area (Å²) in [4.78, 5) is 19.9. The predicted molar refractivity (Wildman–Crippen MR) is 90.2 cm³/mol. The first-order chi connectivity index (χ1) is 11.6. The van der Waals surface area contributed by atoms with Gasteiger partial charge in [-0.3, -0.25) is 9.36 Å². The lowest BCUT2D eigenvalue weighted by Crippen LogP contribution is -2.23. The molecular formula is C17H11ClN3O3-. The van der Waals surface area contributed by atoms with E-state index in [1.54, 1.807) is 49.6 Å². The van der Waals surface area contributed by atoms with Gasteiger partial charge in [0.05, 0.1) is 13.1 Å². The monoisotopic (exact) mass is 340 g/mol. The van der Waals surface area contributed by atoms with Gasteiger partial charge in [-0.15, -0.1) is 0 Å². The fourth-order valence-electron chi connectivity index (χ4n) is 2.72. The van der Waals surface area contributed by atoms with Crippen LogP contribution < -0.4 is 15.4 Å². The first-order valence-electron chi connectivity index (χ1n) is 7.14. The van der Waals surface area contributed by atoms with Crippen LogP contribution in [0.2, 0.25) is 5.02 Å². The van der Waals surface area contributed by atoms with Crippen molar-refractivity contribution in [2.45, 2.75) is 0 Å². The second-order valence-corrected chi connectivity index (χ2v) is 5.71. The summed E-state index contributed by atoms with van der Waals surface area (Å²) in [6, 6.07) is 11.1. The molecule has 0 aliphatic carbocycles. The molecule has 2 aromatic heterocycles. The zero-order chi connectivity index (χ0) is 16.8. The average Bonchev–Trinajstić information content (AvgIpc) is 2.94. The van der Waals surface area contributed by atoms with Gasteiger partial charge in [0.1, 0.15) is 16.8 Å². The average molecular weight is 341 g/mol. The third-order valence-corrected chi connectivity index (χ3v) is 4.13. The van der Waals surface area contributed by atoms with Crippen LogP contribution in [0, 0.1) is 0 Å². The van der Waals surface area contributed by atoms with E-state index in [1.165, 1.54) is 0 Å². The minimum atomic E-state index is -0.640. The number of hydrogen-bond donors (Lipinski definition) is 1. The van der Waals surface area contributed by atoms with Crippen LogP contribution in [0.15, 0.2) is 47.3 Å². The third kappa shape index (κ3) is 2.11. The van der Waals surface area contributed by atoms with Crippen LogP contribution in [0.25, 0.3) is 27.6 Å². The topological polar surface area (TPSA) is 83.0 Å². The molecule has 0 saturated heterocycles. The Labute approximate surface area is 140 Å². The molecule has 0 fully saturated rings. The number of aromatic amines is 1. The summed E-state index contributed by atoms with van der Waals surface area (Å²) in [5.74, 6) is 0.625. The molecule has 2 heterocycles. The number of halogens is 1. The van der Waals surface area contributed by atoms with Gasteiger partial charge < -0.3 is 14.8 Å². The molecule has 6 nitrogen and oxygen atoms in total. The Balaban J connectivity index is 2.06. The fraction of sp³-hybridized carbons (Fsp3) is 0.0588. The summed E-state index contributed by atoms with van der Waals surface area (Å²) >= 11 is 5.86. The molecule has 1 N–H and O–H groups in total. The number of aromatic nitrogens is 3. The van der Waals surface area contributed by atoms with Crippen molar-refractivity contribution < 1.29 is 9.84 Å². The lowest BCUT2D eigenvalue weighted by atomic mass is 10.2. The molecule has 0 atom stereocenters. The number of H-pyrrole nitrogens is 1. The molecule has 0 amide bonds. The zero-order valence-corrected chi connectivity index (χ0v) is 13.3. The number of rotatable bonds is 2. The van der Waals surface area contributed by atoms with Gasteiger partial charge in [-0.1, -0.05) is 11.6 Å². The van der Waals surface area contributed by atoms with Crippen molar-refractivity contribution in [1.29, 1.82) is 0 Å². The van der Waals surface area contributed by atoms with Crippen molar-refractivity contribution in [2.75, 3.05) is 7.11 Å². The van der Waals surface area contributed by atoms with Gasteiger partial charge in [0, 0.05) is 21.6 Å². The maximum absolute atomic E-state index is 12.8. The lowest BCUT2D eigenvalue weighted by Gasteiger charge is -2.15. The van der Waals surface area contributed by atoms with Crippen molar-refractivity contribution in [3.63, 3.8) is 0 Å². The van der Waals surface area contributed by atoms with E-state index < -0.39 is 11.6 Å². The van der Waals surface area contributed by atoms with Crippen LogP contribution in [-0.2, 0) is 0 Å². The van der Waals surface area contributed by atoms with Crippen LogP contribution in [-0.4, -0.2) is 21.6 Å². The van der Waals surface area contributed by atoms with E-state index in [1.807, 2.05) is 0 Å². The summed E-state index contributed by atoms with van der Waals surface area (Å²) in [7, 11) is 1.55. The Kier molecular flexibility index (Phi) is 3.21. The normalized spacial score (nSPS) is 11.2. The van der Waals surface area contributed by atoms with E-state index in [-0.39, 0.29) is 5.52 Å². The molecule has 0 unspecified atom stereocenters. The van der Waals surface area contributed by atoms with E-state index in [0.717, 1.165) is 4.57 Å². The van der Waals surface area contributed by atoms with Gasteiger partial charge in [0.15, 0.2) is 0 Å². The van der Waals surface area contributed by atoms with Gasteiger partial charge in [-0.2, -0.15) is 0 Å². The molecule has 120 valence electrons. The Morgan fingerprint density at radius 3 is 2.67 bits per heavy atom. The zero-order valence-electron chi connectivity index (χ0n) is 12.5. The maximum Gasteiger partial charge on any atom is 0.281 e. The Morgan fingerprint density at radius 1 is 1.21 bits per heavy atom. The highest BCUT2D eigenvalue weighted by atomic mass is 35.5. The Morgan fingerprint density at radius 2 is 1.96 bits per heavy atom. The Bertz CT molecular complexity index is 1130. The molecule has 0 radical (unpaired) electrons. The first-order valence-corrected chi connectivity index (χ1v) is 7.52. The molecule has 24 heavy (non-hydrogen) atoms. The van der Waals surface area contributed by atoms with E-state index in [9.17, 15) is 9.90 Å². The quantitative estimate of drug-likeness (QED) is 0.608. The minimum Gasteiger partial charge on any atom is -0.845 e. The van der Waals surface area contributed by atoms with Gasteiger partial charge in [-0.05, 0) is 42.5 Å². The number of hydrogen-bond acceptors (Lipinski definition) is 4. The van der Waals surface area contributed by atoms with Crippen molar-refractivity contribution in [3.8, 4) is 17.4 Å². The van der Waals surface area contributed by atoms with E-state index in [0.29, 0.717) is 32.9 Å². The Hall–Kier alpha value is -2.99. The molecule has 0 bridgehead atoms. The molecule has 7 heteroatoms. The maximum atomic E-state index is 12.8. The smallest absolute Gasteiger partial charge is 0.281 e. The summed E-state index contributed by atoms with van der Waals surface area (Å²) in [6.45, 7) is 0. The number of methoxy groups -OCH3 is 1. The molecular weight excluding hydrogens is 330 g/mol. The van der Waals surface area contributed by atoms with E-state index in [4.69, 9.17) is 16.3 Å². The number of ether oxygens (including phenoxy) is 1. The van der Waals surface area contributed by atoms with E-state index in [2.05, 4.69) is 9.97 Å². The molecule has 0 saturated carbocycles. The molecule has 4 rings (SSSR count). The third-order valence-electron chi connectivity index (χ3n) is 3.88. The first kappa shape index (κ1) is 14.6. The number of benzene rings is 2. The summed E-state index contributed by atoms with van der Waals surface area (Å²) in [5.41, 5.74) is 1.28. The molecule has 4 aromatic rings. The minimum absolute atomic E-state index is 0.271. The highest BCUT2D eigenvalue weighted by molar-refractivity contribution is 6.30. The van der Waals surface area contributed by atoms with Gasteiger partial charge >= 0.3 is 0 Å². The molecule has 0 aliphatic heterocycles. The van der Waals surface area contributed by atoms with Crippen LogP contribution in [0.1, 0.15) is 0 Å². The highest BCUT2D eigenvalue weighted by Gasteiger charge is 2.13. The number of nitrogens with one attached hydrogen (secondary N) is 1. The van der Waals surface area contributed by atoms with Gasteiger partial charge in [0.2, 0.25) is 0 Å². The van der Waals surface area contributed by atoms with Gasteiger partial charge in [0.25, 0.3) is 5.56 Å². The van der Waals surface area contributed by atoms with Crippen molar-refractivity contribution in [1.82, 2.24) is 14.5 Å². The van der Waals surface area contributed by atoms with Crippen molar-refractivity contribution in [3.05, 3.63) is 57.8 Å². The van der Waals surface area contributed by atoms with Crippen molar-refractivity contribution in [2.24, 2.45) is 0 Å². The molecule has 0 aliphatic rings. The summed E-state index contributed by atoms with van der Waals surface area (Å²) in [6.07, 6.45) is 0.